The number of anilines is 1. The minimum Gasteiger partial charge on any atom is -0.365 e. The van der Waals surface area contributed by atoms with Gasteiger partial charge < -0.3 is 9.80 Å². The Kier molecular flexibility index (Phi) is 4.26. The zero-order valence-electron chi connectivity index (χ0n) is 10.7. The van der Waals surface area contributed by atoms with Crippen molar-refractivity contribution >= 4 is 17.9 Å². The van der Waals surface area contributed by atoms with Gasteiger partial charge >= 0.3 is 0 Å². The molecule has 1 aromatic carbocycles. The van der Waals surface area contributed by atoms with E-state index in [0.717, 1.165) is 17.5 Å². The summed E-state index contributed by atoms with van der Waals surface area (Å²) in [6.07, 6.45) is 0.818. The number of carbonyl (C=O) groups is 2. The van der Waals surface area contributed by atoms with Crippen LogP contribution >= 0.6 is 0 Å². The predicted octanol–water partition coefficient (Wildman–Crippen LogP) is 1.33. The normalized spacial score (nSPS) is 9.88. The van der Waals surface area contributed by atoms with Gasteiger partial charge in [-0.05, 0) is 19.1 Å². The molecule has 0 aliphatic rings. The molecule has 0 N–H and O–H groups in total. The molecule has 0 saturated carbocycles. The molecule has 0 aliphatic heterocycles. The Morgan fingerprint density at radius 2 is 1.94 bits per heavy atom. The SMILES string of the molecule is Cc1ccc(N(C)CC(=O)N(C)C)c(C=O)c1. The average molecular weight is 234 g/mol. The van der Waals surface area contributed by atoms with Crippen molar-refractivity contribution < 1.29 is 9.59 Å². The molecule has 0 aliphatic carbocycles. The van der Waals surface area contributed by atoms with Gasteiger partial charge in [0, 0.05) is 32.4 Å². The number of rotatable bonds is 4. The number of carbonyl (C=O) groups excluding carboxylic acids is 2. The Hall–Kier alpha value is -1.84. The molecule has 0 heterocycles. The summed E-state index contributed by atoms with van der Waals surface area (Å²) in [5.74, 6) is 0.00456. The number of aldehydes is 1. The van der Waals surface area contributed by atoms with Gasteiger partial charge in [0.25, 0.3) is 0 Å². The average Bonchev–Trinajstić information content (AvgIpc) is 2.28. The molecular formula is C13H18N2O2. The molecular weight excluding hydrogens is 216 g/mol. The summed E-state index contributed by atoms with van der Waals surface area (Å²) in [5.41, 5.74) is 2.42. The largest absolute Gasteiger partial charge is 0.365 e. The third-order valence-electron chi connectivity index (χ3n) is 2.59. The van der Waals surface area contributed by atoms with Crippen LogP contribution in [0.2, 0.25) is 0 Å². The van der Waals surface area contributed by atoms with E-state index in [4.69, 9.17) is 0 Å². The molecule has 0 radical (unpaired) electrons. The lowest BCUT2D eigenvalue weighted by Crippen LogP contribution is -2.34. The van der Waals surface area contributed by atoms with Gasteiger partial charge in [-0.2, -0.15) is 0 Å². The van der Waals surface area contributed by atoms with Gasteiger partial charge in [0.1, 0.15) is 0 Å². The molecule has 1 amide bonds. The summed E-state index contributed by atoms with van der Waals surface area (Å²) in [6, 6.07) is 5.61. The van der Waals surface area contributed by atoms with Crippen LogP contribution < -0.4 is 4.90 Å². The summed E-state index contributed by atoms with van der Waals surface area (Å²) in [6.45, 7) is 2.19. The first-order chi connectivity index (χ1) is 7.95. The Morgan fingerprint density at radius 3 is 2.47 bits per heavy atom. The third-order valence-corrected chi connectivity index (χ3v) is 2.59. The van der Waals surface area contributed by atoms with E-state index in [1.54, 1.807) is 26.0 Å². The van der Waals surface area contributed by atoms with Gasteiger partial charge in [-0.15, -0.1) is 0 Å². The van der Waals surface area contributed by atoms with Gasteiger partial charge in [0.15, 0.2) is 6.29 Å². The second-order valence-corrected chi connectivity index (χ2v) is 4.32. The molecule has 0 fully saturated rings. The second kappa shape index (κ2) is 5.48. The topological polar surface area (TPSA) is 40.6 Å². The lowest BCUT2D eigenvalue weighted by Gasteiger charge is -2.22. The smallest absolute Gasteiger partial charge is 0.241 e. The van der Waals surface area contributed by atoms with Crippen LogP contribution in [0.5, 0.6) is 0 Å². The number of hydrogen-bond acceptors (Lipinski definition) is 3. The van der Waals surface area contributed by atoms with E-state index in [1.165, 1.54) is 4.90 Å². The fourth-order valence-electron chi connectivity index (χ4n) is 1.55. The molecule has 4 heteroatoms. The van der Waals surface area contributed by atoms with Crippen molar-refractivity contribution in [2.24, 2.45) is 0 Å². The minimum absolute atomic E-state index is 0.00456. The first kappa shape index (κ1) is 13.2. The third kappa shape index (κ3) is 3.31. The molecule has 0 saturated heterocycles. The maximum absolute atomic E-state index is 11.6. The molecule has 4 nitrogen and oxygen atoms in total. The fourth-order valence-corrected chi connectivity index (χ4v) is 1.55. The van der Waals surface area contributed by atoms with E-state index in [0.29, 0.717) is 5.56 Å². The first-order valence-electron chi connectivity index (χ1n) is 5.43. The van der Waals surface area contributed by atoms with E-state index >= 15 is 0 Å². The number of likely N-dealkylation sites (N-methyl/N-ethyl adjacent to an activating group) is 2. The maximum Gasteiger partial charge on any atom is 0.241 e. The minimum atomic E-state index is 0.00456. The van der Waals surface area contributed by atoms with Crippen molar-refractivity contribution in [1.82, 2.24) is 4.90 Å². The highest BCUT2D eigenvalue weighted by molar-refractivity contribution is 5.87. The molecule has 1 rings (SSSR count). The Bertz CT molecular complexity index is 427. The van der Waals surface area contributed by atoms with E-state index in [9.17, 15) is 9.59 Å². The lowest BCUT2D eigenvalue weighted by atomic mass is 10.1. The zero-order chi connectivity index (χ0) is 13.0. The van der Waals surface area contributed by atoms with Crippen LogP contribution in [0.1, 0.15) is 15.9 Å². The maximum atomic E-state index is 11.6. The van der Waals surface area contributed by atoms with E-state index < -0.39 is 0 Å². The summed E-state index contributed by atoms with van der Waals surface area (Å²) in [7, 11) is 5.23. The number of hydrogen-bond donors (Lipinski definition) is 0. The van der Waals surface area contributed by atoms with Crippen LogP contribution in [-0.4, -0.2) is 44.8 Å². The van der Waals surface area contributed by atoms with Crippen molar-refractivity contribution in [2.45, 2.75) is 6.92 Å². The quantitative estimate of drug-likeness (QED) is 0.738. The molecule has 0 bridgehead atoms. The number of benzene rings is 1. The molecule has 0 aromatic heterocycles. The highest BCUT2D eigenvalue weighted by atomic mass is 16.2. The molecule has 92 valence electrons. The number of nitrogens with zero attached hydrogens (tertiary/aromatic N) is 2. The van der Waals surface area contributed by atoms with Crippen LogP contribution in [0.4, 0.5) is 5.69 Å². The van der Waals surface area contributed by atoms with Crippen LogP contribution in [0.15, 0.2) is 18.2 Å². The standard InChI is InChI=1S/C13H18N2O2/c1-10-5-6-12(11(7-10)9-16)15(4)8-13(17)14(2)3/h5-7,9H,8H2,1-4H3. The second-order valence-electron chi connectivity index (χ2n) is 4.32. The fraction of sp³-hybridized carbons (Fsp3) is 0.385. The van der Waals surface area contributed by atoms with Crippen molar-refractivity contribution in [3.63, 3.8) is 0 Å². The monoisotopic (exact) mass is 234 g/mol. The van der Waals surface area contributed by atoms with E-state index in [2.05, 4.69) is 0 Å². The number of aryl methyl sites for hydroxylation is 1. The van der Waals surface area contributed by atoms with Crippen molar-refractivity contribution in [2.75, 3.05) is 32.6 Å². The van der Waals surface area contributed by atoms with Crippen molar-refractivity contribution in [3.05, 3.63) is 29.3 Å². The first-order valence-corrected chi connectivity index (χ1v) is 5.43. The van der Waals surface area contributed by atoms with Gasteiger partial charge in [0.2, 0.25) is 5.91 Å². The summed E-state index contributed by atoms with van der Waals surface area (Å²) < 4.78 is 0. The predicted molar refractivity (Wildman–Crippen MR) is 68.5 cm³/mol. The van der Waals surface area contributed by atoms with Crippen LogP contribution in [0, 0.1) is 6.92 Å². The van der Waals surface area contributed by atoms with Crippen molar-refractivity contribution in [1.29, 1.82) is 0 Å². The molecule has 1 aromatic rings. The zero-order valence-corrected chi connectivity index (χ0v) is 10.7. The Balaban J connectivity index is 2.92. The lowest BCUT2D eigenvalue weighted by molar-refractivity contribution is -0.127. The van der Waals surface area contributed by atoms with Crippen LogP contribution in [0.3, 0.4) is 0 Å². The molecule has 0 unspecified atom stereocenters. The molecule has 17 heavy (non-hydrogen) atoms. The summed E-state index contributed by atoms with van der Waals surface area (Å²) in [5, 5.41) is 0. The van der Waals surface area contributed by atoms with E-state index in [1.807, 2.05) is 25.1 Å². The van der Waals surface area contributed by atoms with E-state index in [-0.39, 0.29) is 12.5 Å². The summed E-state index contributed by atoms with van der Waals surface area (Å²) in [4.78, 5) is 25.9. The Labute approximate surface area is 102 Å². The van der Waals surface area contributed by atoms with Crippen LogP contribution in [0.25, 0.3) is 0 Å². The van der Waals surface area contributed by atoms with Gasteiger partial charge in [-0.25, -0.2) is 0 Å². The van der Waals surface area contributed by atoms with Crippen LogP contribution in [-0.2, 0) is 4.79 Å². The highest BCUT2D eigenvalue weighted by Gasteiger charge is 2.12. The molecule has 0 atom stereocenters. The highest BCUT2D eigenvalue weighted by Crippen LogP contribution is 2.19. The van der Waals surface area contributed by atoms with Gasteiger partial charge in [0.05, 0.1) is 6.54 Å². The van der Waals surface area contributed by atoms with Gasteiger partial charge in [-0.3, -0.25) is 9.59 Å². The Morgan fingerprint density at radius 1 is 1.29 bits per heavy atom. The summed E-state index contributed by atoms with van der Waals surface area (Å²) >= 11 is 0. The van der Waals surface area contributed by atoms with Crippen molar-refractivity contribution in [3.8, 4) is 0 Å². The number of amides is 1. The molecule has 0 spiro atoms. The van der Waals surface area contributed by atoms with Gasteiger partial charge in [-0.1, -0.05) is 11.6 Å².